The lowest BCUT2D eigenvalue weighted by Gasteiger charge is -2.27. The Bertz CT molecular complexity index is 564. The average molecular weight is 270 g/mol. The first-order valence-electron chi connectivity index (χ1n) is 7.41. The molecule has 2 heterocycles. The number of hydrogen-bond acceptors (Lipinski definition) is 3. The molecule has 0 spiro atoms. The quantitative estimate of drug-likeness (QED) is 0.853. The zero-order valence-corrected chi connectivity index (χ0v) is 12.1. The largest absolute Gasteiger partial charge is 0.381 e. The Labute approximate surface area is 120 Å². The monoisotopic (exact) mass is 270 g/mol. The summed E-state index contributed by atoms with van der Waals surface area (Å²) >= 11 is 0. The fraction of sp³-hybridized carbons (Fsp3) is 0.471. The topological polar surface area (TPSA) is 25.4 Å². The first-order valence-corrected chi connectivity index (χ1v) is 7.41. The molecule has 0 bridgehead atoms. The summed E-state index contributed by atoms with van der Waals surface area (Å²) in [5, 5.41) is 1.22. The lowest BCUT2D eigenvalue weighted by Crippen LogP contribution is -2.30. The molecule has 2 aromatic rings. The second-order valence-corrected chi connectivity index (χ2v) is 5.81. The lowest BCUT2D eigenvalue weighted by atomic mass is 10.0. The first kappa shape index (κ1) is 13.5. The summed E-state index contributed by atoms with van der Waals surface area (Å²) in [4.78, 5) is 6.76. The Hall–Kier alpha value is -1.45. The SMILES string of the molecule is CN(Cc1ccc2ncccc2c1)C[C@@H]1CCCOC1. The molecular formula is C17H22N2O. The molecule has 1 fully saturated rings. The standard InChI is InChI=1S/C17H22N2O/c1-19(12-15-4-3-9-20-13-15)11-14-6-7-17-16(10-14)5-2-8-18-17/h2,5-8,10,15H,3-4,9,11-13H2,1H3/t15-/m0/s1. The highest BCUT2D eigenvalue weighted by Crippen LogP contribution is 2.17. The molecule has 20 heavy (non-hydrogen) atoms. The Morgan fingerprint density at radius 2 is 2.30 bits per heavy atom. The maximum atomic E-state index is 5.56. The number of benzene rings is 1. The van der Waals surface area contributed by atoms with Crippen LogP contribution in [0.25, 0.3) is 10.9 Å². The van der Waals surface area contributed by atoms with Crippen molar-refractivity contribution < 1.29 is 4.74 Å². The van der Waals surface area contributed by atoms with Crippen LogP contribution in [-0.4, -0.2) is 36.7 Å². The predicted molar refractivity (Wildman–Crippen MR) is 81.6 cm³/mol. The molecule has 0 aliphatic carbocycles. The van der Waals surface area contributed by atoms with Crippen molar-refractivity contribution in [3.8, 4) is 0 Å². The van der Waals surface area contributed by atoms with Crippen LogP contribution in [0.2, 0.25) is 0 Å². The van der Waals surface area contributed by atoms with Gasteiger partial charge in [0.15, 0.2) is 0 Å². The zero-order chi connectivity index (χ0) is 13.8. The molecule has 0 radical (unpaired) electrons. The van der Waals surface area contributed by atoms with Crippen molar-refractivity contribution in [3.05, 3.63) is 42.1 Å². The third-order valence-electron chi connectivity index (χ3n) is 3.94. The predicted octanol–water partition coefficient (Wildman–Crippen LogP) is 3.09. The second-order valence-electron chi connectivity index (χ2n) is 5.81. The van der Waals surface area contributed by atoms with Crippen molar-refractivity contribution in [1.29, 1.82) is 0 Å². The van der Waals surface area contributed by atoms with Gasteiger partial charge in [0, 0.05) is 31.3 Å². The van der Waals surface area contributed by atoms with Crippen molar-refractivity contribution in [3.63, 3.8) is 0 Å². The molecule has 0 unspecified atom stereocenters. The zero-order valence-electron chi connectivity index (χ0n) is 12.1. The number of hydrogen-bond donors (Lipinski definition) is 0. The summed E-state index contributed by atoms with van der Waals surface area (Å²) in [6.07, 6.45) is 4.35. The van der Waals surface area contributed by atoms with Crippen LogP contribution in [0.4, 0.5) is 0 Å². The number of aromatic nitrogens is 1. The van der Waals surface area contributed by atoms with Crippen LogP contribution < -0.4 is 0 Å². The van der Waals surface area contributed by atoms with Crippen molar-refractivity contribution in [2.24, 2.45) is 5.92 Å². The minimum Gasteiger partial charge on any atom is -0.381 e. The van der Waals surface area contributed by atoms with Crippen LogP contribution >= 0.6 is 0 Å². The molecule has 1 atom stereocenters. The van der Waals surface area contributed by atoms with Crippen molar-refractivity contribution in [2.75, 3.05) is 26.8 Å². The third-order valence-corrected chi connectivity index (χ3v) is 3.94. The van der Waals surface area contributed by atoms with Crippen LogP contribution in [0.5, 0.6) is 0 Å². The van der Waals surface area contributed by atoms with Crippen LogP contribution in [0.3, 0.4) is 0 Å². The Kier molecular flexibility index (Phi) is 4.28. The molecule has 1 aliphatic rings. The van der Waals surface area contributed by atoms with E-state index in [0.717, 1.165) is 31.8 Å². The molecule has 1 aliphatic heterocycles. The molecule has 1 saturated heterocycles. The summed E-state index contributed by atoms with van der Waals surface area (Å²) in [6, 6.07) is 10.7. The first-order chi connectivity index (χ1) is 9.81. The minimum atomic E-state index is 0.691. The van der Waals surface area contributed by atoms with Gasteiger partial charge in [-0.05, 0) is 49.6 Å². The summed E-state index contributed by atoms with van der Waals surface area (Å²) in [6.45, 7) is 3.97. The molecule has 3 rings (SSSR count). The van der Waals surface area contributed by atoms with E-state index >= 15 is 0 Å². The molecule has 0 saturated carbocycles. The van der Waals surface area contributed by atoms with Crippen LogP contribution in [-0.2, 0) is 11.3 Å². The normalized spacial score (nSPS) is 19.6. The summed E-state index contributed by atoms with van der Waals surface area (Å²) < 4.78 is 5.56. The number of nitrogens with zero attached hydrogens (tertiary/aromatic N) is 2. The van der Waals surface area contributed by atoms with E-state index in [-0.39, 0.29) is 0 Å². The van der Waals surface area contributed by atoms with Gasteiger partial charge in [0.2, 0.25) is 0 Å². The highest BCUT2D eigenvalue weighted by Gasteiger charge is 2.15. The Morgan fingerprint density at radius 3 is 3.15 bits per heavy atom. The number of rotatable bonds is 4. The molecule has 106 valence electrons. The molecule has 0 N–H and O–H groups in total. The molecular weight excluding hydrogens is 248 g/mol. The summed E-state index contributed by atoms with van der Waals surface area (Å²) in [7, 11) is 2.20. The lowest BCUT2D eigenvalue weighted by molar-refractivity contribution is 0.0411. The van der Waals surface area contributed by atoms with E-state index in [9.17, 15) is 0 Å². The Balaban J connectivity index is 1.62. The van der Waals surface area contributed by atoms with Gasteiger partial charge in [-0.1, -0.05) is 12.1 Å². The average Bonchev–Trinajstić information content (AvgIpc) is 2.48. The van der Waals surface area contributed by atoms with Crippen molar-refractivity contribution >= 4 is 10.9 Å². The van der Waals surface area contributed by atoms with E-state index < -0.39 is 0 Å². The van der Waals surface area contributed by atoms with Gasteiger partial charge in [-0.2, -0.15) is 0 Å². The molecule has 3 heteroatoms. The van der Waals surface area contributed by atoms with Gasteiger partial charge in [-0.3, -0.25) is 4.98 Å². The number of ether oxygens (including phenoxy) is 1. The molecule has 3 nitrogen and oxygen atoms in total. The smallest absolute Gasteiger partial charge is 0.0702 e. The molecule has 1 aromatic heterocycles. The summed E-state index contributed by atoms with van der Waals surface area (Å²) in [5.74, 6) is 0.691. The van der Waals surface area contributed by atoms with Crippen molar-refractivity contribution in [2.45, 2.75) is 19.4 Å². The third kappa shape index (κ3) is 3.35. The van der Waals surface area contributed by atoms with E-state index in [2.05, 4.69) is 41.2 Å². The highest BCUT2D eigenvalue weighted by atomic mass is 16.5. The second kappa shape index (κ2) is 6.33. The molecule has 0 amide bonds. The maximum Gasteiger partial charge on any atom is 0.0702 e. The number of pyridine rings is 1. The molecule has 1 aromatic carbocycles. The van der Waals surface area contributed by atoms with E-state index in [4.69, 9.17) is 4.74 Å². The number of fused-ring (bicyclic) bond motifs is 1. The van der Waals surface area contributed by atoms with Crippen LogP contribution in [0.15, 0.2) is 36.5 Å². The van der Waals surface area contributed by atoms with Gasteiger partial charge in [-0.15, -0.1) is 0 Å². The minimum absolute atomic E-state index is 0.691. The van der Waals surface area contributed by atoms with Gasteiger partial charge in [-0.25, -0.2) is 0 Å². The fourth-order valence-corrected chi connectivity index (χ4v) is 2.99. The van der Waals surface area contributed by atoms with Crippen LogP contribution in [0, 0.1) is 5.92 Å². The van der Waals surface area contributed by atoms with E-state index in [1.54, 1.807) is 0 Å². The van der Waals surface area contributed by atoms with Gasteiger partial charge < -0.3 is 9.64 Å². The maximum absolute atomic E-state index is 5.56. The highest BCUT2D eigenvalue weighted by molar-refractivity contribution is 5.78. The fourth-order valence-electron chi connectivity index (χ4n) is 2.99. The van der Waals surface area contributed by atoms with Crippen LogP contribution in [0.1, 0.15) is 18.4 Å². The van der Waals surface area contributed by atoms with Crippen molar-refractivity contribution in [1.82, 2.24) is 9.88 Å². The summed E-state index contributed by atoms with van der Waals surface area (Å²) in [5.41, 5.74) is 2.42. The van der Waals surface area contributed by atoms with E-state index in [1.807, 2.05) is 12.3 Å². The van der Waals surface area contributed by atoms with Gasteiger partial charge >= 0.3 is 0 Å². The van der Waals surface area contributed by atoms with Gasteiger partial charge in [0.1, 0.15) is 0 Å². The Morgan fingerprint density at radius 1 is 1.35 bits per heavy atom. The van der Waals surface area contributed by atoms with E-state index in [1.165, 1.54) is 23.8 Å². The van der Waals surface area contributed by atoms with Gasteiger partial charge in [0.25, 0.3) is 0 Å². The van der Waals surface area contributed by atoms with E-state index in [0.29, 0.717) is 5.92 Å². The van der Waals surface area contributed by atoms with Gasteiger partial charge in [0.05, 0.1) is 12.1 Å².